The van der Waals surface area contributed by atoms with E-state index in [2.05, 4.69) is 28.1 Å². The highest BCUT2D eigenvalue weighted by Gasteiger charge is 2.07. The maximum atomic E-state index is 11.6. The first kappa shape index (κ1) is 17.2. The average molecular weight is 264 g/mol. The molecule has 0 spiro atoms. The Balaban J connectivity index is 3.29. The van der Waals surface area contributed by atoms with E-state index in [1.165, 1.54) is 32.1 Å². The van der Waals surface area contributed by atoms with Crippen molar-refractivity contribution in [2.24, 2.45) is 0 Å². The van der Waals surface area contributed by atoms with Gasteiger partial charge in [-0.3, -0.25) is 4.57 Å². The van der Waals surface area contributed by atoms with Crippen molar-refractivity contribution in [2.75, 3.05) is 40.5 Å². The number of hydrogen-bond acceptors (Lipinski definition) is 2. The Morgan fingerprint density at radius 1 is 1.00 bits per heavy atom. The molecule has 0 aliphatic rings. The van der Waals surface area contributed by atoms with E-state index in [1.807, 2.05) is 0 Å². The van der Waals surface area contributed by atoms with Crippen LogP contribution in [0.15, 0.2) is 0 Å². The van der Waals surface area contributed by atoms with Crippen LogP contribution in [0.4, 0.5) is 0 Å². The molecule has 0 aliphatic carbocycles. The summed E-state index contributed by atoms with van der Waals surface area (Å²) in [4.78, 5) is 0. The van der Waals surface area contributed by atoms with Gasteiger partial charge in [-0.15, -0.1) is 0 Å². The molecule has 3 nitrogen and oxygen atoms in total. The Bertz CT molecular complexity index is 202. The Hall–Kier alpha value is 0.150. The van der Waals surface area contributed by atoms with Gasteiger partial charge in [0.15, 0.2) is 8.03 Å². The lowest BCUT2D eigenvalue weighted by Gasteiger charge is -2.23. The third-order valence-electron chi connectivity index (χ3n) is 2.76. The van der Waals surface area contributed by atoms with Gasteiger partial charge in [0.25, 0.3) is 0 Å². The molecule has 0 aromatic rings. The highest BCUT2D eigenvalue weighted by Crippen LogP contribution is 2.24. The summed E-state index contributed by atoms with van der Waals surface area (Å²) in [5, 5.41) is 0. The van der Waals surface area contributed by atoms with Gasteiger partial charge in [-0.1, -0.05) is 39.0 Å². The molecule has 4 heteroatoms. The first-order valence-corrected chi connectivity index (χ1v) is 8.44. The normalized spacial score (nSPS) is 13.9. The summed E-state index contributed by atoms with van der Waals surface area (Å²) >= 11 is 0. The zero-order valence-corrected chi connectivity index (χ0v) is 13.1. The molecule has 0 aliphatic heterocycles. The molecule has 0 aromatic heterocycles. The number of unbranched alkanes of at least 4 members (excludes halogenated alkanes) is 5. The molecule has 0 heterocycles. The predicted octanol–water partition coefficient (Wildman–Crippen LogP) is 3.54. The molecular formula is C13H31NO2P+. The monoisotopic (exact) mass is 264 g/mol. The van der Waals surface area contributed by atoms with Crippen molar-refractivity contribution in [3.63, 3.8) is 0 Å². The molecule has 0 rings (SSSR count). The van der Waals surface area contributed by atoms with Crippen molar-refractivity contribution < 1.29 is 13.6 Å². The molecule has 104 valence electrons. The van der Waals surface area contributed by atoms with Crippen LogP contribution in [0, 0.1) is 0 Å². The van der Waals surface area contributed by atoms with Crippen LogP contribution in [0.5, 0.6) is 0 Å². The van der Waals surface area contributed by atoms with Gasteiger partial charge in [0.05, 0.1) is 21.1 Å². The van der Waals surface area contributed by atoms with Crippen molar-refractivity contribution in [1.29, 1.82) is 0 Å². The Morgan fingerprint density at radius 2 is 1.59 bits per heavy atom. The van der Waals surface area contributed by atoms with Crippen molar-refractivity contribution in [3.8, 4) is 0 Å². The molecule has 0 fully saturated rings. The van der Waals surface area contributed by atoms with Crippen LogP contribution in [0.1, 0.15) is 45.4 Å². The highest BCUT2D eigenvalue weighted by atomic mass is 31.1. The van der Waals surface area contributed by atoms with Crippen LogP contribution in [-0.4, -0.2) is 44.9 Å². The first-order valence-electron chi connectivity index (χ1n) is 6.92. The van der Waals surface area contributed by atoms with E-state index in [0.717, 1.165) is 23.6 Å². The van der Waals surface area contributed by atoms with Crippen LogP contribution in [0.2, 0.25) is 0 Å². The topological polar surface area (TPSA) is 26.3 Å². The molecule has 0 N–H and O–H groups in total. The Labute approximate surface area is 108 Å². The predicted molar refractivity (Wildman–Crippen MR) is 76.1 cm³/mol. The van der Waals surface area contributed by atoms with Gasteiger partial charge in [0, 0.05) is 6.16 Å². The summed E-state index contributed by atoms with van der Waals surface area (Å²) in [6.45, 7) is 3.77. The average Bonchev–Trinajstić information content (AvgIpc) is 2.21. The second-order valence-corrected chi connectivity index (χ2v) is 7.28. The summed E-state index contributed by atoms with van der Waals surface area (Å²) in [5.74, 6) is 0. The molecule has 0 radical (unpaired) electrons. The molecule has 1 atom stereocenters. The van der Waals surface area contributed by atoms with Gasteiger partial charge < -0.3 is 9.01 Å². The van der Waals surface area contributed by atoms with Crippen molar-refractivity contribution >= 4 is 8.03 Å². The van der Waals surface area contributed by atoms with Crippen LogP contribution in [-0.2, 0) is 9.09 Å². The van der Waals surface area contributed by atoms with Gasteiger partial charge in [-0.25, -0.2) is 0 Å². The van der Waals surface area contributed by atoms with Crippen LogP contribution in [0.3, 0.4) is 0 Å². The molecule has 0 amide bonds. The minimum atomic E-state index is -1.76. The number of quaternary nitrogens is 1. The summed E-state index contributed by atoms with van der Waals surface area (Å²) in [5.41, 5.74) is 0. The van der Waals surface area contributed by atoms with Gasteiger partial charge in [0.2, 0.25) is 0 Å². The molecule has 0 bridgehead atoms. The first-order chi connectivity index (χ1) is 7.95. The number of rotatable bonds is 11. The minimum Gasteiger partial charge on any atom is -0.329 e. The van der Waals surface area contributed by atoms with Gasteiger partial charge in [0.1, 0.15) is 13.2 Å². The summed E-state index contributed by atoms with van der Waals surface area (Å²) in [6, 6.07) is 0. The van der Waals surface area contributed by atoms with E-state index < -0.39 is 8.03 Å². The summed E-state index contributed by atoms with van der Waals surface area (Å²) in [7, 11) is 4.59. The maximum Gasteiger partial charge on any atom is 0.191 e. The minimum absolute atomic E-state index is 0.622. The van der Waals surface area contributed by atoms with Crippen molar-refractivity contribution in [3.05, 3.63) is 0 Å². The lowest BCUT2D eigenvalue weighted by molar-refractivity contribution is -0.870. The third-order valence-corrected chi connectivity index (χ3v) is 4.05. The fraction of sp³-hybridized carbons (Fsp3) is 1.00. The van der Waals surface area contributed by atoms with Gasteiger partial charge >= 0.3 is 0 Å². The van der Waals surface area contributed by atoms with Crippen molar-refractivity contribution in [2.45, 2.75) is 45.4 Å². The van der Waals surface area contributed by atoms with E-state index in [1.54, 1.807) is 0 Å². The fourth-order valence-electron chi connectivity index (χ4n) is 1.56. The van der Waals surface area contributed by atoms with E-state index in [-0.39, 0.29) is 0 Å². The second-order valence-electron chi connectivity index (χ2n) is 5.75. The fourth-order valence-corrected chi connectivity index (χ4v) is 2.56. The van der Waals surface area contributed by atoms with Gasteiger partial charge in [-0.2, -0.15) is 0 Å². The quantitative estimate of drug-likeness (QED) is 0.324. The lowest BCUT2D eigenvalue weighted by atomic mass is 10.1. The molecule has 0 saturated carbocycles. The van der Waals surface area contributed by atoms with E-state index >= 15 is 0 Å². The van der Waals surface area contributed by atoms with Crippen molar-refractivity contribution in [1.82, 2.24) is 0 Å². The Kier molecular flexibility index (Phi) is 10.2. The van der Waals surface area contributed by atoms with Crippen LogP contribution < -0.4 is 0 Å². The zero-order chi connectivity index (χ0) is 13.1. The van der Waals surface area contributed by atoms with Gasteiger partial charge in [-0.05, 0) is 6.42 Å². The number of hydrogen-bond donors (Lipinski definition) is 0. The maximum absolute atomic E-state index is 11.6. The van der Waals surface area contributed by atoms with E-state index in [4.69, 9.17) is 4.52 Å². The van der Waals surface area contributed by atoms with E-state index in [0.29, 0.717) is 6.61 Å². The summed E-state index contributed by atoms with van der Waals surface area (Å²) in [6.07, 6.45) is 8.25. The second kappa shape index (κ2) is 10.1. The smallest absolute Gasteiger partial charge is 0.191 e. The molecule has 0 aromatic carbocycles. The largest absolute Gasteiger partial charge is 0.329 e. The van der Waals surface area contributed by atoms with Crippen LogP contribution in [0.25, 0.3) is 0 Å². The lowest BCUT2D eigenvalue weighted by Crippen LogP contribution is -2.37. The number of nitrogens with zero attached hydrogens (tertiary/aromatic N) is 1. The standard InChI is InChI=1S/C13H31NO2P/c1-5-6-7-8-9-10-13-17(15)16-12-11-14(2,3)4/h17H,5-13H2,1-4H3/q+1. The zero-order valence-electron chi connectivity index (χ0n) is 12.1. The molecule has 1 unspecified atom stereocenters. The summed E-state index contributed by atoms with van der Waals surface area (Å²) < 4.78 is 17.8. The highest BCUT2D eigenvalue weighted by molar-refractivity contribution is 7.39. The molecule has 0 saturated heterocycles. The molecular weight excluding hydrogens is 233 g/mol. The van der Waals surface area contributed by atoms with E-state index in [9.17, 15) is 4.57 Å². The Morgan fingerprint density at radius 3 is 2.18 bits per heavy atom. The number of likely N-dealkylation sites (N-methyl/N-ethyl adjacent to an activating group) is 1. The van der Waals surface area contributed by atoms with Crippen LogP contribution >= 0.6 is 8.03 Å². The SMILES string of the molecule is CCCCCCCC[PH](=O)OCC[N+](C)(C)C. The molecule has 17 heavy (non-hydrogen) atoms. The third kappa shape index (κ3) is 14.1.